The van der Waals surface area contributed by atoms with Crippen molar-refractivity contribution in [2.75, 3.05) is 11.9 Å². The van der Waals surface area contributed by atoms with E-state index in [4.69, 9.17) is 4.74 Å². The molecule has 0 unspecified atom stereocenters. The number of ether oxygens (including phenoxy) is 1. The number of nitrogens with zero attached hydrogens (tertiary/aromatic N) is 2. The molecule has 0 aliphatic carbocycles. The minimum absolute atomic E-state index is 0.193. The summed E-state index contributed by atoms with van der Waals surface area (Å²) in [7, 11) is 0. The summed E-state index contributed by atoms with van der Waals surface area (Å²) in [5, 5.41) is 7.05. The van der Waals surface area contributed by atoms with E-state index in [1.54, 1.807) is 54.7 Å². The Bertz CT molecular complexity index is 1130. The van der Waals surface area contributed by atoms with E-state index >= 15 is 0 Å². The zero-order valence-electron chi connectivity index (χ0n) is 16.6. The first-order chi connectivity index (χ1) is 14.4. The van der Waals surface area contributed by atoms with Crippen LogP contribution in [0.25, 0.3) is 16.6 Å². The monoisotopic (exact) mass is 423 g/mol. The second-order valence-electron chi connectivity index (χ2n) is 6.38. The van der Waals surface area contributed by atoms with Crippen LogP contribution in [0.2, 0.25) is 0 Å². The summed E-state index contributed by atoms with van der Waals surface area (Å²) in [5.74, 6) is -0.772. The molecule has 2 heterocycles. The highest BCUT2D eigenvalue weighted by molar-refractivity contribution is 7.15. The summed E-state index contributed by atoms with van der Waals surface area (Å²) in [6.07, 6.45) is 2.97. The number of carbonyl (C=O) groups is 2. The molecule has 1 N–H and O–H groups in total. The molecular weight excluding hydrogens is 402 g/mol. The van der Waals surface area contributed by atoms with Crippen LogP contribution in [0.1, 0.15) is 17.4 Å². The Morgan fingerprint density at radius 1 is 1.13 bits per heavy atom. The number of aromatic nitrogens is 2. The van der Waals surface area contributed by atoms with Crippen molar-refractivity contribution >= 4 is 35.0 Å². The molecule has 154 valence electrons. The summed E-state index contributed by atoms with van der Waals surface area (Å²) in [6, 6.07) is 13.9. The maximum atomic E-state index is 12.4. The van der Waals surface area contributed by atoms with Crippen LogP contribution in [0, 0.1) is 6.92 Å². The van der Waals surface area contributed by atoms with Crippen molar-refractivity contribution in [3.8, 4) is 10.6 Å². The van der Waals surface area contributed by atoms with Crippen molar-refractivity contribution in [1.82, 2.24) is 9.78 Å². The molecule has 3 rings (SSSR count). The molecular formula is C22H21N3O4S. The molecule has 0 aliphatic rings. The second-order valence-corrected chi connectivity index (χ2v) is 7.67. The van der Waals surface area contributed by atoms with Gasteiger partial charge in [0.25, 0.3) is 5.56 Å². The molecule has 0 bridgehead atoms. The van der Waals surface area contributed by atoms with Crippen LogP contribution < -0.4 is 10.9 Å². The highest BCUT2D eigenvalue weighted by atomic mass is 32.1. The summed E-state index contributed by atoms with van der Waals surface area (Å²) in [6.45, 7) is 3.87. The van der Waals surface area contributed by atoms with Crippen LogP contribution in [-0.2, 0) is 20.9 Å². The zero-order chi connectivity index (χ0) is 21.5. The smallest absolute Gasteiger partial charge is 0.330 e. The number of esters is 1. The molecule has 0 aliphatic heterocycles. The maximum absolute atomic E-state index is 12.4. The predicted molar refractivity (Wildman–Crippen MR) is 117 cm³/mol. The predicted octanol–water partition coefficient (Wildman–Crippen LogP) is 3.50. The number of nitrogens with one attached hydrogen (secondary N) is 1. The number of hydrogen-bond acceptors (Lipinski definition) is 6. The molecule has 2 aromatic heterocycles. The number of thiophene rings is 1. The number of benzene rings is 1. The van der Waals surface area contributed by atoms with Gasteiger partial charge in [-0.25, -0.2) is 9.48 Å². The van der Waals surface area contributed by atoms with Crippen LogP contribution in [0.3, 0.4) is 0 Å². The van der Waals surface area contributed by atoms with E-state index in [1.807, 2.05) is 19.1 Å². The summed E-state index contributed by atoms with van der Waals surface area (Å²) >= 11 is 1.57. The average Bonchev–Trinajstić information content (AvgIpc) is 3.15. The van der Waals surface area contributed by atoms with E-state index in [1.165, 1.54) is 12.1 Å². The van der Waals surface area contributed by atoms with E-state index in [-0.39, 0.29) is 18.0 Å². The van der Waals surface area contributed by atoms with Crippen molar-refractivity contribution in [3.05, 3.63) is 75.4 Å². The minimum atomic E-state index is -0.409. The third kappa shape index (κ3) is 5.74. The third-order valence-corrected chi connectivity index (χ3v) is 5.07. The Morgan fingerprint density at radius 2 is 1.90 bits per heavy atom. The quantitative estimate of drug-likeness (QED) is 0.464. The van der Waals surface area contributed by atoms with Gasteiger partial charge in [-0.05, 0) is 55.8 Å². The van der Waals surface area contributed by atoms with Gasteiger partial charge in [0.15, 0.2) is 0 Å². The molecule has 1 aromatic carbocycles. The van der Waals surface area contributed by atoms with Gasteiger partial charge in [0.1, 0.15) is 12.2 Å². The van der Waals surface area contributed by atoms with Crippen LogP contribution in [0.15, 0.2) is 59.4 Å². The maximum Gasteiger partial charge on any atom is 0.330 e. The molecule has 8 heteroatoms. The van der Waals surface area contributed by atoms with E-state index in [0.717, 1.165) is 20.0 Å². The fourth-order valence-corrected chi connectivity index (χ4v) is 3.47. The highest BCUT2D eigenvalue weighted by Crippen LogP contribution is 2.25. The number of hydrogen-bond donors (Lipinski definition) is 1. The molecule has 0 atom stereocenters. The van der Waals surface area contributed by atoms with Gasteiger partial charge >= 0.3 is 5.97 Å². The largest absolute Gasteiger partial charge is 0.463 e. The zero-order valence-corrected chi connectivity index (χ0v) is 17.4. The fraction of sp³-hybridized carbons (Fsp3) is 0.182. The van der Waals surface area contributed by atoms with E-state index < -0.39 is 5.97 Å². The van der Waals surface area contributed by atoms with Gasteiger partial charge in [-0.15, -0.1) is 11.3 Å². The summed E-state index contributed by atoms with van der Waals surface area (Å²) in [4.78, 5) is 37.9. The van der Waals surface area contributed by atoms with Crippen molar-refractivity contribution < 1.29 is 14.3 Å². The average molecular weight is 423 g/mol. The minimum Gasteiger partial charge on any atom is -0.463 e. The van der Waals surface area contributed by atoms with Gasteiger partial charge in [-0.3, -0.25) is 9.59 Å². The van der Waals surface area contributed by atoms with E-state index in [9.17, 15) is 14.4 Å². The molecule has 0 saturated carbocycles. The van der Waals surface area contributed by atoms with Crippen molar-refractivity contribution in [3.63, 3.8) is 0 Å². The molecule has 0 radical (unpaired) electrons. The first-order valence-corrected chi connectivity index (χ1v) is 10.2. The number of anilines is 1. The molecule has 1 amide bonds. The lowest BCUT2D eigenvalue weighted by Gasteiger charge is -2.08. The molecule has 3 aromatic rings. The lowest BCUT2D eigenvalue weighted by atomic mass is 10.2. The van der Waals surface area contributed by atoms with E-state index in [0.29, 0.717) is 18.0 Å². The summed E-state index contributed by atoms with van der Waals surface area (Å²) in [5.41, 5.74) is 1.67. The molecule has 0 spiro atoms. The van der Waals surface area contributed by atoms with Crippen LogP contribution >= 0.6 is 11.3 Å². The third-order valence-electron chi connectivity index (χ3n) is 4.05. The number of amides is 1. The first kappa shape index (κ1) is 21.2. The Hall–Kier alpha value is -3.52. The standard InChI is InChI=1S/C22H21N3O4S/c1-3-29-22(28)13-7-16-5-8-17(9-6-16)23-20(26)14-25-21(27)12-10-18(24-25)19-11-4-15(2)30-19/h4-13H,3,14H2,1-2H3,(H,23,26)/b13-7+. The molecule has 0 saturated heterocycles. The second kappa shape index (κ2) is 9.80. The Balaban J connectivity index is 1.64. The SMILES string of the molecule is CCOC(=O)/C=C/c1ccc(NC(=O)Cn2nc(-c3ccc(C)s3)ccc2=O)cc1. The molecule has 30 heavy (non-hydrogen) atoms. The van der Waals surface area contributed by atoms with Gasteiger partial charge < -0.3 is 10.1 Å². The van der Waals surface area contributed by atoms with Crippen molar-refractivity contribution in [2.45, 2.75) is 20.4 Å². The lowest BCUT2D eigenvalue weighted by molar-refractivity contribution is -0.137. The van der Waals surface area contributed by atoms with E-state index in [2.05, 4.69) is 10.4 Å². The lowest BCUT2D eigenvalue weighted by Crippen LogP contribution is -2.29. The summed E-state index contributed by atoms with van der Waals surface area (Å²) < 4.78 is 5.98. The topological polar surface area (TPSA) is 90.3 Å². The normalized spacial score (nSPS) is 10.9. The van der Waals surface area contributed by atoms with Crippen molar-refractivity contribution in [2.24, 2.45) is 0 Å². The van der Waals surface area contributed by atoms with Gasteiger partial charge in [-0.2, -0.15) is 5.10 Å². The fourth-order valence-electron chi connectivity index (χ4n) is 2.63. The first-order valence-electron chi connectivity index (χ1n) is 9.34. The van der Waals surface area contributed by atoms with Gasteiger partial charge in [0, 0.05) is 22.7 Å². The van der Waals surface area contributed by atoms with Gasteiger partial charge in [-0.1, -0.05) is 12.1 Å². The van der Waals surface area contributed by atoms with Crippen LogP contribution in [0.5, 0.6) is 0 Å². The highest BCUT2D eigenvalue weighted by Gasteiger charge is 2.09. The van der Waals surface area contributed by atoms with Crippen LogP contribution in [-0.4, -0.2) is 28.3 Å². The Labute approximate surface area is 177 Å². The number of carbonyl (C=O) groups excluding carboxylic acids is 2. The molecule has 7 nitrogen and oxygen atoms in total. The number of rotatable bonds is 7. The van der Waals surface area contributed by atoms with Gasteiger partial charge in [0.2, 0.25) is 5.91 Å². The number of aryl methyl sites for hydroxylation is 1. The van der Waals surface area contributed by atoms with Crippen LogP contribution in [0.4, 0.5) is 5.69 Å². The van der Waals surface area contributed by atoms with Gasteiger partial charge in [0.05, 0.1) is 11.5 Å². The Morgan fingerprint density at radius 3 is 2.57 bits per heavy atom. The Kier molecular flexibility index (Phi) is 6.92. The van der Waals surface area contributed by atoms with Crippen molar-refractivity contribution in [1.29, 1.82) is 0 Å². The molecule has 0 fully saturated rings.